The number of ether oxygens (including phenoxy) is 1. The number of hydrogen-bond acceptors (Lipinski definition) is 3. The highest BCUT2D eigenvalue weighted by Gasteiger charge is 2.37. The Bertz CT molecular complexity index is 276. The van der Waals surface area contributed by atoms with E-state index in [4.69, 9.17) is 4.74 Å². The van der Waals surface area contributed by atoms with Crippen LogP contribution in [0.2, 0.25) is 0 Å². The third-order valence-corrected chi connectivity index (χ3v) is 3.32. The van der Waals surface area contributed by atoms with Crippen LogP contribution in [0.5, 0.6) is 0 Å². The molecule has 1 saturated heterocycles. The number of carbonyl (C=O) groups is 1. The Balaban J connectivity index is 2.28. The van der Waals surface area contributed by atoms with Gasteiger partial charge in [0.05, 0.1) is 6.04 Å². The van der Waals surface area contributed by atoms with Gasteiger partial charge in [0.25, 0.3) is 0 Å². The van der Waals surface area contributed by atoms with E-state index in [1.165, 1.54) is 0 Å². The van der Waals surface area contributed by atoms with Crippen LogP contribution in [-0.4, -0.2) is 41.3 Å². The smallest absolute Gasteiger partial charge is 0.407 e. The number of amides is 1. The second-order valence-electron chi connectivity index (χ2n) is 6.41. The van der Waals surface area contributed by atoms with Crippen LogP contribution in [0.25, 0.3) is 0 Å². The van der Waals surface area contributed by atoms with Crippen molar-refractivity contribution in [3.8, 4) is 0 Å². The summed E-state index contributed by atoms with van der Waals surface area (Å²) in [5, 5.41) is 2.90. The van der Waals surface area contributed by atoms with Crippen molar-refractivity contribution in [2.24, 2.45) is 0 Å². The molecule has 1 amide bonds. The molecule has 0 unspecified atom stereocenters. The highest BCUT2D eigenvalue weighted by molar-refractivity contribution is 5.68. The Kier molecular flexibility index (Phi) is 4.07. The molecule has 4 nitrogen and oxygen atoms in total. The zero-order valence-electron chi connectivity index (χ0n) is 12.0. The van der Waals surface area contributed by atoms with Crippen molar-refractivity contribution in [1.29, 1.82) is 0 Å². The van der Waals surface area contributed by atoms with Crippen molar-refractivity contribution in [1.82, 2.24) is 10.2 Å². The van der Waals surface area contributed by atoms with Gasteiger partial charge >= 0.3 is 6.09 Å². The SMILES string of the molecule is CCC(C)(C)N1CC(NC(=O)OC(C)(C)C)C1. The molecule has 100 valence electrons. The number of likely N-dealkylation sites (tertiary alicyclic amines) is 1. The first-order chi connectivity index (χ1) is 7.64. The Morgan fingerprint density at radius 3 is 2.24 bits per heavy atom. The fourth-order valence-corrected chi connectivity index (χ4v) is 1.76. The van der Waals surface area contributed by atoms with Crippen LogP contribution in [0.1, 0.15) is 48.0 Å². The molecule has 0 spiro atoms. The van der Waals surface area contributed by atoms with E-state index >= 15 is 0 Å². The van der Waals surface area contributed by atoms with Crippen LogP contribution in [-0.2, 0) is 4.74 Å². The molecule has 1 aliphatic heterocycles. The summed E-state index contributed by atoms with van der Waals surface area (Å²) < 4.78 is 5.22. The Morgan fingerprint density at radius 2 is 1.82 bits per heavy atom. The summed E-state index contributed by atoms with van der Waals surface area (Å²) in [5.74, 6) is 0. The van der Waals surface area contributed by atoms with E-state index in [0.29, 0.717) is 0 Å². The molecule has 0 saturated carbocycles. The van der Waals surface area contributed by atoms with Crippen LogP contribution in [0, 0.1) is 0 Å². The van der Waals surface area contributed by atoms with Gasteiger partial charge in [0, 0.05) is 18.6 Å². The molecule has 17 heavy (non-hydrogen) atoms. The van der Waals surface area contributed by atoms with E-state index in [2.05, 4.69) is 31.0 Å². The summed E-state index contributed by atoms with van der Waals surface area (Å²) in [7, 11) is 0. The van der Waals surface area contributed by atoms with E-state index in [1.54, 1.807) is 0 Å². The molecule has 1 rings (SSSR count). The molecular weight excluding hydrogens is 216 g/mol. The molecule has 0 atom stereocenters. The van der Waals surface area contributed by atoms with Gasteiger partial charge in [-0.3, -0.25) is 4.90 Å². The minimum atomic E-state index is -0.420. The van der Waals surface area contributed by atoms with Crippen molar-refractivity contribution in [2.45, 2.75) is 65.1 Å². The minimum Gasteiger partial charge on any atom is -0.444 e. The number of nitrogens with one attached hydrogen (secondary N) is 1. The van der Waals surface area contributed by atoms with E-state index < -0.39 is 5.60 Å². The van der Waals surface area contributed by atoms with Gasteiger partial charge in [0.15, 0.2) is 0 Å². The number of carbonyl (C=O) groups excluding carboxylic acids is 1. The van der Waals surface area contributed by atoms with Gasteiger partial charge in [-0.05, 0) is 41.0 Å². The average Bonchev–Trinajstić information content (AvgIpc) is 2.07. The third kappa shape index (κ3) is 4.19. The fraction of sp³-hybridized carbons (Fsp3) is 0.923. The molecular formula is C13H26N2O2. The maximum Gasteiger partial charge on any atom is 0.407 e. The predicted molar refractivity (Wildman–Crippen MR) is 69.1 cm³/mol. The molecule has 0 aliphatic carbocycles. The van der Waals surface area contributed by atoms with E-state index in [9.17, 15) is 4.79 Å². The summed E-state index contributed by atoms with van der Waals surface area (Å²) in [6.07, 6.45) is 0.808. The molecule has 0 aromatic heterocycles. The average molecular weight is 242 g/mol. The van der Waals surface area contributed by atoms with Crippen LogP contribution in [0.3, 0.4) is 0 Å². The second-order valence-corrected chi connectivity index (χ2v) is 6.41. The van der Waals surface area contributed by atoms with Crippen molar-refractivity contribution in [3.05, 3.63) is 0 Å². The zero-order chi connectivity index (χ0) is 13.3. The lowest BCUT2D eigenvalue weighted by atomic mass is 9.93. The molecule has 0 aromatic rings. The van der Waals surface area contributed by atoms with Crippen LogP contribution in [0.4, 0.5) is 4.79 Å². The van der Waals surface area contributed by atoms with Crippen molar-refractivity contribution < 1.29 is 9.53 Å². The normalized spacial score (nSPS) is 18.7. The molecule has 4 heteroatoms. The van der Waals surface area contributed by atoms with Gasteiger partial charge < -0.3 is 10.1 Å². The van der Waals surface area contributed by atoms with Crippen molar-refractivity contribution >= 4 is 6.09 Å². The lowest BCUT2D eigenvalue weighted by Gasteiger charge is -2.49. The standard InChI is InChI=1S/C13H26N2O2/c1-7-13(5,6)15-8-10(9-15)14-11(16)17-12(2,3)4/h10H,7-9H2,1-6H3,(H,14,16). The highest BCUT2D eigenvalue weighted by atomic mass is 16.6. The molecule has 1 aliphatic rings. The lowest BCUT2D eigenvalue weighted by molar-refractivity contribution is 0.00812. The monoisotopic (exact) mass is 242 g/mol. The van der Waals surface area contributed by atoms with Gasteiger partial charge in [-0.25, -0.2) is 4.79 Å². The maximum atomic E-state index is 11.5. The van der Waals surface area contributed by atoms with E-state index in [0.717, 1.165) is 19.5 Å². The first-order valence-electron chi connectivity index (χ1n) is 6.38. The number of rotatable bonds is 3. The number of nitrogens with zero attached hydrogens (tertiary/aromatic N) is 1. The van der Waals surface area contributed by atoms with E-state index in [-0.39, 0.29) is 17.7 Å². The maximum absolute atomic E-state index is 11.5. The Morgan fingerprint density at radius 1 is 1.29 bits per heavy atom. The molecule has 0 aromatic carbocycles. The van der Waals surface area contributed by atoms with Crippen molar-refractivity contribution in [3.63, 3.8) is 0 Å². The topological polar surface area (TPSA) is 41.6 Å². The van der Waals surface area contributed by atoms with Crippen LogP contribution < -0.4 is 5.32 Å². The van der Waals surface area contributed by atoms with E-state index in [1.807, 2.05) is 20.8 Å². The third-order valence-electron chi connectivity index (χ3n) is 3.32. The quantitative estimate of drug-likeness (QED) is 0.826. The van der Waals surface area contributed by atoms with Gasteiger partial charge in [-0.1, -0.05) is 6.92 Å². The highest BCUT2D eigenvalue weighted by Crippen LogP contribution is 2.24. The van der Waals surface area contributed by atoms with Crippen LogP contribution in [0.15, 0.2) is 0 Å². The number of hydrogen-bond donors (Lipinski definition) is 1. The molecule has 1 heterocycles. The fourth-order valence-electron chi connectivity index (χ4n) is 1.76. The van der Waals surface area contributed by atoms with Gasteiger partial charge in [-0.15, -0.1) is 0 Å². The van der Waals surface area contributed by atoms with Gasteiger partial charge in [0.2, 0.25) is 0 Å². The molecule has 1 fully saturated rings. The predicted octanol–water partition coefficient (Wildman–Crippen LogP) is 2.38. The first kappa shape index (κ1) is 14.3. The lowest BCUT2D eigenvalue weighted by Crippen LogP contribution is -2.65. The molecule has 1 N–H and O–H groups in total. The van der Waals surface area contributed by atoms with Crippen LogP contribution >= 0.6 is 0 Å². The minimum absolute atomic E-state index is 0.228. The van der Waals surface area contributed by atoms with Crippen molar-refractivity contribution in [2.75, 3.05) is 13.1 Å². The summed E-state index contributed by atoms with van der Waals surface area (Å²) in [5.41, 5.74) is -0.192. The molecule has 0 radical (unpaired) electrons. The van der Waals surface area contributed by atoms with Gasteiger partial charge in [-0.2, -0.15) is 0 Å². The first-order valence-corrected chi connectivity index (χ1v) is 6.38. The summed E-state index contributed by atoms with van der Waals surface area (Å²) in [6.45, 7) is 14.1. The summed E-state index contributed by atoms with van der Waals surface area (Å²) in [6, 6.07) is 0.232. The summed E-state index contributed by atoms with van der Waals surface area (Å²) >= 11 is 0. The second kappa shape index (κ2) is 4.84. The number of alkyl carbamates (subject to hydrolysis) is 1. The Labute approximate surface area is 105 Å². The largest absolute Gasteiger partial charge is 0.444 e. The Hall–Kier alpha value is -0.770. The zero-order valence-corrected chi connectivity index (χ0v) is 12.0. The van der Waals surface area contributed by atoms with Gasteiger partial charge in [0.1, 0.15) is 5.60 Å². The summed E-state index contributed by atoms with van der Waals surface area (Å²) in [4.78, 5) is 13.9. The molecule has 0 bridgehead atoms.